The molecule has 1 aliphatic heterocycles. The van der Waals surface area contributed by atoms with Crippen molar-refractivity contribution < 1.29 is 4.42 Å². The highest BCUT2D eigenvalue weighted by Crippen LogP contribution is 2.22. The number of hydrogen-bond donors (Lipinski definition) is 1. The summed E-state index contributed by atoms with van der Waals surface area (Å²) in [5.41, 5.74) is -0.137. The molecule has 0 aliphatic carbocycles. The molecule has 19 heavy (non-hydrogen) atoms. The standard InChI is InChI=1S/C13H23N5O/c1-13(2,3)10-16-17-12(19-10)15-11(14-4)18-8-6-5-7-9-18/h5-9H2,1-4H3,(H,14,15,17). The molecule has 1 fully saturated rings. The molecule has 0 saturated carbocycles. The number of aliphatic imine (C=N–C) groups is 1. The Hall–Kier alpha value is -1.59. The molecule has 6 heteroatoms. The minimum Gasteiger partial charge on any atom is -0.407 e. The molecule has 1 saturated heterocycles. The molecule has 106 valence electrons. The summed E-state index contributed by atoms with van der Waals surface area (Å²) in [7, 11) is 1.78. The van der Waals surface area contributed by atoms with E-state index in [1.54, 1.807) is 7.05 Å². The van der Waals surface area contributed by atoms with Crippen LogP contribution in [0, 0.1) is 0 Å². The van der Waals surface area contributed by atoms with Crippen LogP contribution in [0.25, 0.3) is 0 Å². The Morgan fingerprint density at radius 2 is 1.89 bits per heavy atom. The highest BCUT2D eigenvalue weighted by molar-refractivity contribution is 5.91. The quantitative estimate of drug-likeness (QED) is 0.623. The molecule has 1 aromatic rings. The van der Waals surface area contributed by atoms with Gasteiger partial charge in [-0.25, -0.2) is 0 Å². The first kappa shape index (κ1) is 13.8. The number of rotatable bonds is 1. The van der Waals surface area contributed by atoms with Gasteiger partial charge >= 0.3 is 6.01 Å². The molecule has 0 unspecified atom stereocenters. The summed E-state index contributed by atoms with van der Waals surface area (Å²) in [5.74, 6) is 1.44. The van der Waals surface area contributed by atoms with Gasteiger partial charge in [0.25, 0.3) is 0 Å². The molecule has 0 atom stereocenters. The Kier molecular flexibility index (Phi) is 4.07. The van der Waals surface area contributed by atoms with Crippen molar-refractivity contribution in [2.24, 2.45) is 4.99 Å². The van der Waals surface area contributed by atoms with Crippen LogP contribution in [-0.2, 0) is 5.41 Å². The van der Waals surface area contributed by atoms with E-state index >= 15 is 0 Å². The van der Waals surface area contributed by atoms with E-state index in [-0.39, 0.29) is 5.41 Å². The number of piperidine rings is 1. The maximum atomic E-state index is 5.63. The molecule has 6 nitrogen and oxygen atoms in total. The summed E-state index contributed by atoms with van der Waals surface area (Å²) < 4.78 is 5.63. The van der Waals surface area contributed by atoms with Gasteiger partial charge in [-0.3, -0.25) is 10.3 Å². The predicted molar refractivity (Wildman–Crippen MR) is 75.4 cm³/mol. The lowest BCUT2D eigenvalue weighted by molar-refractivity contribution is 0.339. The van der Waals surface area contributed by atoms with Crippen LogP contribution in [0.1, 0.15) is 45.9 Å². The monoisotopic (exact) mass is 265 g/mol. The minimum atomic E-state index is -0.137. The summed E-state index contributed by atoms with van der Waals surface area (Å²) in [4.78, 5) is 6.51. The van der Waals surface area contributed by atoms with Crippen molar-refractivity contribution in [3.8, 4) is 0 Å². The molecule has 1 aromatic heterocycles. The van der Waals surface area contributed by atoms with E-state index in [2.05, 4.69) is 25.4 Å². The van der Waals surface area contributed by atoms with Gasteiger partial charge in [-0.05, 0) is 19.3 Å². The summed E-state index contributed by atoms with van der Waals surface area (Å²) >= 11 is 0. The van der Waals surface area contributed by atoms with Crippen molar-refractivity contribution in [1.29, 1.82) is 0 Å². The molecular weight excluding hydrogens is 242 g/mol. The van der Waals surface area contributed by atoms with Gasteiger partial charge in [0.15, 0.2) is 0 Å². The Morgan fingerprint density at radius 3 is 2.42 bits per heavy atom. The van der Waals surface area contributed by atoms with E-state index in [0.717, 1.165) is 19.0 Å². The first-order valence-electron chi connectivity index (χ1n) is 6.83. The lowest BCUT2D eigenvalue weighted by Gasteiger charge is -2.29. The molecule has 1 N–H and O–H groups in total. The van der Waals surface area contributed by atoms with Gasteiger partial charge in [0.2, 0.25) is 11.9 Å². The third-order valence-corrected chi connectivity index (χ3v) is 3.15. The fourth-order valence-electron chi connectivity index (χ4n) is 2.05. The van der Waals surface area contributed by atoms with Crippen molar-refractivity contribution in [1.82, 2.24) is 15.1 Å². The minimum absolute atomic E-state index is 0.137. The van der Waals surface area contributed by atoms with Crippen LogP contribution in [0.4, 0.5) is 6.01 Å². The first-order chi connectivity index (χ1) is 9.00. The highest BCUT2D eigenvalue weighted by atomic mass is 16.4. The first-order valence-corrected chi connectivity index (χ1v) is 6.83. The van der Waals surface area contributed by atoms with E-state index < -0.39 is 0 Å². The van der Waals surface area contributed by atoms with Crippen LogP contribution in [0.3, 0.4) is 0 Å². The van der Waals surface area contributed by atoms with Crippen molar-refractivity contribution in [2.45, 2.75) is 45.4 Å². The molecule has 2 heterocycles. The number of nitrogens with one attached hydrogen (secondary N) is 1. The number of anilines is 1. The zero-order valence-electron chi connectivity index (χ0n) is 12.2. The summed E-state index contributed by atoms with van der Waals surface area (Å²) in [6.45, 7) is 8.19. The van der Waals surface area contributed by atoms with E-state index in [9.17, 15) is 0 Å². The lowest BCUT2D eigenvalue weighted by atomic mass is 9.97. The Labute approximate surface area is 114 Å². The molecule has 0 radical (unpaired) electrons. The van der Waals surface area contributed by atoms with Crippen LogP contribution < -0.4 is 5.32 Å². The Morgan fingerprint density at radius 1 is 1.21 bits per heavy atom. The third-order valence-electron chi connectivity index (χ3n) is 3.15. The number of aromatic nitrogens is 2. The molecule has 0 aromatic carbocycles. The maximum absolute atomic E-state index is 5.63. The molecule has 0 spiro atoms. The SMILES string of the molecule is CN=C(Nc1nnc(C(C)(C)C)o1)N1CCCCC1. The Bertz CT molecular complexity index is 440. The van der Waals surface area contributed by atoms with Gasteiger partial charge in [0, 0.05) is 25.6 Å². The average molecular weight is 265 g/mol. The fourth-order valence-corrected chi connectivity index (χ4v) is 2.05. The molecule has 1 aliphatic rings. The summed E-state index contributed by atoms with van der Waals surface area (Å²) in [6, 6.07) is 0.413. The maximum Gasteiger partial charge on any atom is 0.322 e. The second kappa shape index (κ2) is 5.59. The normalized spacial score (nSPS) is 17.7. The van der Waals surface area contributed by atoms with E-state index in [4.69, 9.17) is 4.42 Å². The average Bonchev–Trinajstić information content (AvgIpc) is 2.85. The van der Waals surface area contributed by atoms with Gasteiger partial charge in [-0.15, -0.1) is 5.10 Å². The second-order valence-electron chi connectivity index (χ2n) is 5.88. The molecule has 2 rings (SSSR count). The highest BCUT2D eigenvalue weighted by Gasteiger charge is 2.22. The molecular formula is C13H23N5O. The predicted octanol–water partition coefficient (Wildman–Crippen LogP) is 2.25. The van der Waals surface area contributed by atoms with E-state index in [1.165, 1.54) is 19.3 Å². The van der Waals surface area contributed by atoms with E-state index in [1.807, 2.05) is 20.8 Å². The van der Waals surface area contributed by atoms with Gasteiger partial charge in [-0.1, -0.05) is 25.9 Å². The van der Waals surface area contributed by atoms with Crippen LogP contribution in [0.15, 0.2) is 9.41 Å². The topological polar surface area (TPSA) is 66.5 Å². The zero-order chi connectivity index (χ0) is 13.9. The molecule has 0 amide bonds. The van der Waals surface area contributed by atoms with Crippen molar-refractivity contribution in [2.75, 3.05) is 25.5 Å². The zero-order valence-corrected chi connectivity index (χ0v) is 12.2. The van der Waals surface area contributed by atoms with E-state index in [0.29, 0.717) is 11.9 Å². The number of hydrogen-bond acceptors (Lipinski definition) is 4. The largest absolute Gasteiger partial charge is 0.407 e. The fraction of sp³-hybridized carbons (Fsp3) is 0.769. The summed E-state index contributed by atoms with van der Waals surface area (Å²) in [5, 5.41) is 11.2. The van der Waals surface area contributed by atoms with Crippen LogP contribution in [0.2, 0.25) is 0 Å². The van der Waals surface area contributed by atoms with Gasteiger partial charge < -0.3 is 9.32 Å². The van der Waals surface area contributed by atoms with Crippen LogP contribution >= 0.6 is 0 Å². The van der Waals surface area contributed by atoms with Gasteiger partial charge in [0.1, 0.15) is 0 Å². The third kappa shape index (κ3) is 3.45. The summed E-state index contributed by atoms with van der Waals surface area (Å²) in [6.07, 6.45) is 3.71. The van der Waals surface area contributed by atoms with Crippen molar-refractivity contribution >= 4 is 12.0 Å². The van der Waals surface area contributed by atoms with Crippen molar-refractivity contribution in [3.05, 3.63) is 5.89 Å². The van der Waals surface area contributed by atoms with Crippen LogP contribution in [0.5, 0.6) is 0 Å². The van der Waals surface area contributed by atoms with Crippen molar-refractivity contribution in [3.63, 3.8) is 0 Å². The number of likely N-dealkylation sites (tertiary alicyclic amines) is 1. The van der Waals surface area contributed by atoms with Crippen LogP contribution in [-0.4, -0.2) is 41.2 Å². The smallest absolute Gasteiger partial charge is 0.322 e. The van der Waals surface area contributed by atoms with Gasteiger partial charge in [0.05, 0.1) is 0 Å². The number of nitrogens with zero attached hydrogens (tertiary/aromatic N) is 4. The number of guanidine groups is 1. The lowest BCUT2D eigenvalue weighted by Crippen LogP contribution is -2.40. The van der Waals surface area contributed by atoms with Gasteiger partial charge in [-0.2, -0.15) is 0 Å². The second-order valence-corrected chi connectivity index (χ2v) is 5.88. The molecule has 0 bridgehead atoms. The Balaban J connectivity index is 2.04.